The molecule has 0 atom stereocenters. The molecule has 0 heterocycles. The number of halogens is 2. The van der Waals surface area contributed by atoms with Gasteiger partial charge in [0.05, 0.1) is 17.8 Å². The molecule has 0 spiro atoms. The predicted octanol–water partition coefficient (Wildman–Crippen LogP) is 3.36. The van der Waals surface area contributed by atoms with Gasteiger partial charge in [0.15, 0.2) is 21.3 Å². The molecule has 0 fully saturated rings. The summed E-state index contributed by atoms with van der Waals surface area (Å²) in [5.41, 5.74) is 0.988. The van der Waals surface area contributed by atoms with Gasteiger partial charge in [0.2, 0.25) is 0 Å². The van der Waals surface area contributed by atoms with E-state index in [9.17, 15) is 22.0 Å². The number of nitrogens with zero attached hydrogens (tertiary/aromatic N) is 1. The van der Waals surface area contributed by atoms with E-state index in [2.05, 4.69) is 4.74 Å². The van der Waals surface area contributed by atoms with Gasteiger partial charge in [-0.05, 0) is 42.0 Å². The summed E-state index contributed by atoms with van der Waals surface area (Å²) < 4.78 is 57.9. The number of methoxy groups -OCH3 is 1. The molecule has 0 aliphatic heterocycles. The highest BCUT2D eigenvalue weighted by atomic mass is 32.2. The van der Waals surface area contributed by atoms with Gasteiger partial charge in [-0.2, -0.15) is 8.78 Å². The van der Waals surface area contributed by atoms with Crippen molar-refractivity contribution in [2.45, 2.75) is 25.0 Å². The van der Waals surface area contributed by atoms with Crippen LogP contribution in [0.4, 0.5) is 8.78 Å². The largest absolute Gasteiger partial charge is 0.493 e. The topological polar surface area (TPSA) is 72.9 Å². The Morgan fingerprint density at radius 3 is 2.29 bits per heavy atom. The Morgan fingerprint density at radius 1 is 1.11 bits per heavy atom. The first kappa shape index (κ1) is 21.6. The summed E-state index contributed by atoms with van der Waals surface area (Å²) in [5, 5.41) is 0. The quantitative estimate of drug-likeness (QED) is 0.664. The fraction of sp³-hybridized carbons (Fsp3) is 0.316. The third kappa shape index (κ3) is 5.19. The van der Waals surface area contributed by atoms with Gasteiger partial charge in [-0.25, -0.2) is 8.42 Å². The summed E-state index contributed by atoms with van der Waals surface area (Å²) in [6.07, 6.45) is 0. The van der Waals surface area contributed by atoms with Gasteiger partial charge in [0, 0.05) is 19.2 Å². The van der Waals surface area contributed by atoms with E-state index < -0.39 is 16.4 Å². The smallest absolute Gasteiger partial charge is 0.387 e. The summed E-state index contributed by atoms with van der Waals surface area (Å²) in [5.74, 6) is -0.295. The molecule has 1 amide bonds. The first-order valence-corrected chi connectivity index (χ1v) is 10.0. The van der Waals surface area contributed by atoms with E-state index >= 15 is 0 Å². The van der Waals surface area contributed by atoms with Crippen LogP contribution in [0.3, 0.4) is 0 Å². The summed E-state index contributed by atoms with van der Waals surface area (Å²) in [7, 11) is -0.424. The van der Waals surface area contributed by atoms with Crippen molar-refractivity contribution in [1.29, 1.82) is 0 Å². The normalized spacial score (nSPS) is 11.4. The van der Waals surface area contributed by atoms with Crippen molar-refractivity contribution in [2.24, 2.45) is 0 Å². The molecule has 0 saturated carbocycles. The van der Waals surface area contributed by atoms with Crippen LogP contribution in [0.5, 0.6) is 11.5 Å². The number of alkyl halides is 2. The van der Waals surface area contributed by atoms with Gasteiger partial charge in [-0.1, -0.05) is 13.0 Å². The molecule has 6 nitrogen and oxygen atoms in total. The Balaban J connectivity index is 2.14. The van der Waals surface area contributed by atoms with Gasteiger partial charge >= 0.3 is 6.61 Å². The zero-order chi connectivity index (χ0) is 20.9. The van der Waals surface area contributed by atoms with Crippen LogP contribution in [0.1, 0.15) is 22.8 Å². The Hall–Kier alpha value is -2.68. The Morgan fingerprint density at radius 2 is 1.75 bits per heavy atom. The van der Waals surface area contributed by atoms with Gasteiger partial charge in [-0.3, -0.25) is 4.79 Å². The van der Waals surface area contributed by atoms with Crippen molar-refractivity contribution in [2.75, 3.05) is 19.9 Å². The zero-order valence-corrected chi connectivity index (χ0v) is 16.5. The molecule has 0 aliphatic rings. The number of rotatable bonds is 8. The highest BCUT2D eigenvalue weighted by molar-refractivity contribution is 7.91. The van der Waals surface area contributed by atoms with Gasteiger partial charge in [0.25, 0.3) is 5.91 Å². The first-order valence-electron chi connectivity index (χ1n) is 8.38. The standard InChI is InChI=1S/C19H21F2NO5S/c1-4-28(24,25)15-8-6-14(7-9-15)18(23)22(2)12-13-5-10-16(27-19(20)21)17(11-13)26-3/h5-11,19H,4,12H2,1-3H3. The van der Waals surface area contributed by atoms with Crippen LogP contribution < -0.4 is 9.47 Å². The molecular formula is C19H21F2NO5S. The molecule has 0 saturated heterocycles. The lowest BCUT2D eigenvalue weighted by Crippen LogP contribution is -2.26. The summed E-state index contributed by atoms with van der Waals surface area (Å²) in [6, 6.07) is 10.1. The van der Waals surface area contributed by atoms with E-state index in [1.165, 1.54) is 48.4 Å². The van der Waals surface area contributed by atoms with E-state index in [0.717, 1.165) is 0 Å². The van der Waals surface area contributed by atoms with Crippen molar-refractivity contribution in [3.63, 3.8) is 0 Å². The van der Waals surface area contributed by atoms with Crippen molar-refractivity contribution in [3.8, 4) is 11.5 Å². The summed E-state index contributed by atoms with van der Waals surface area (Å²) in [4.78, 5) is 14.2. The second kappa shape index (κ2) is 9.01. The van der Waals surface area contributed by atoms with E-state index in [-0.39, 0.29) is 34.6 Å². The number of carbonyl (C=O) groups excluding carboxylic acids is 1. The van der Waals surface area contributed by atoms with Gasteiger partial charge in [-0.15, -0.1) is 0 Å². The molecule has 0 aromatic heterocycles. The molecule has 2 aromatic rings. The van der Waals surface area contributed by atoms with E-state index in [1.807, 2.05) is 0 Å². The summed E-state index contributed by atoms with van der Waals surface area (Å²) >= 11 is 0. The van der Waals surface area contributed by atoms with Crippen LogP contribution in [-0.4, -0.2) is 45.7 Å². The number of hydrogen-bond acceptors (Lipinski definition) is 5. The maximum Gasteiger partial charge on any atom is 0.387 e. The second-order valence-corrected chi connectivity index (χ2v) is 8.23. The van der Waals surface area contributed by atoms with Gasteiger partial charge in [0.1, 0.15) is 0 Å². The highest BCUT2D eigenvalue weighted by Crippen LogP contribution is 2.30. The zero-order valence-electron chi connectivity index (χ0n) is 15.7. The van der Waals surface area contributed by atoms with Crippen LogP contribution in [0.15, 0.2) is 47.4 Å². The molecule has 0 radical (unpaired) electrons. The fourth-order valence-corrected chi connectivity index (χ4v) is 3.43. The first-order chi connectivity index (χ1) is 13.2. The minimum absolute atomic E-state index is 0.0205. The van der Waals surface area contributed by atoms with E-state index in [0.29, 0.717) is 11.1 Å². The lowest BCUT2D eigenvalue weighted by molar-refractivity contribution is -0.0512. The number of sulfone groups is 1. The van der Waals surface area contributed by atoms with Crippen molar-refractivity contribution >= 4 is 15.7 Å². The lowest BCUT2D eigenvalue weighted by Gasteiger charge is -2.19. The van der Waals surface area contributed by atoms with Crippen LogP contribution in [0.2, 0.25) is 0 Å². The average Bonchev–Trinajstić information content (AvgIpc) is 2.68. The van der Waals surface area contributed by atoms with Crippen LogP contribution in [-0.2, 0) is 16.4 Å². The lowest BCUT2D eigenvalue weighted by atomic mass is 10.1. The SMILES string of the molecule is CCS(=O)(=O)c1ccc(C(=O)N(C)Cc2ccc(OC(F)F)c(OC)c2)cc1. The molecule has 9 heteroatoms. The Labute approximate surface area is 162 Å². The molecule has 28 heavy (non-hydrogen) atoms. The molecular weight excluding hydrogens is 392 g/mol. The van der Waals surface area contributed by atoms with Crippen molar-refractivity contribution in [3.05, 3.63) is 53.6 Å². The number of ether oxygens (including phenoxy) is 2. The minimum atomic E-state index is -3.33. The minimum Gasteiger partial charge on any atom is -0.493 e. The van der Waals surface area contributed by atoms with Crippen molar-refractivity contribution < 1.29 is 31.5 Å². The monoisotopic (exact) mass is 413 g/mol. The van der Waals surface area contributed by atoms with Crippen molar-refractivity contribution in [1.82, 2.24) is 4.90 Å². The Bertz CT molecular complexity index is 930. The number of carbonyl (C=O) groups is 1. The van der Waals surface area contributed by atoms with Gasteiger partial charge < -0.3 is 14.4 Å². The van der Waals surface area contributed by atoms with Crippen LogP contribution in [0.25, 0.3) is 0 Å². The maximum atomic E-state index is 12.6. The molecule has 152 valence electrons. The molecule has 0 unspecified atom stereocenters. The number of hydrogen-bond donors (Lipinski definition) is 0. The summed E-state index contributed by atoms with van der Waals surface area (Å²) in [6.45, 7) is -1.23. The van der Waals surface area contributed by atoms with E-state index in [1.54, 1.807) is 20.0 Å². The molecule has 0 aliphatic carbocycles. The van der Waals surface area contributed by atoms with E-state index in [4.69, 9.17) is 4.74 Å². The maximum absolute atomic E-state index is 12.6. The Kier molecular flexibility index (Phi) is 6.95. The molecule has 0 bridgehead atoms. The number of amides is 1. The molecule has 2 aromatic carbocycles. The highest BCUT2D eigenvalue weighted by Gasteiger charge is 2.17. The predicted molar refractivity (Wildman–Crippen MR) is 99.6 cm³/mol. The second-order valence-electron chi connectivity index (χ2n) is 5.95. The molecule has 2 rings (SSSR count). The average molecular weight is 413 g/mol. The third-order valence-corrected chi connectivity index (χ3v) is 5.80. The van der Waals surface area contributed by atoms with Crippen LogP contribution >= 0.6 is 0 Å². The third-order valence-electron chi connectivity index (χ3n) is 4.05. The fourth-order valence-electron chi connectivity index (χ4n) is 2.54. The molecule has 0 N–H and O–H groups in total. The van der Waals surface area contributed by atoms with Crippen LogP contribution in [0, 0.1) is 0 Å². The number of benzene rings is 2.